The molecule has 8 heteroatoms. The SMILES string of the molecule is CSc1ccc(CN(C)C(=NCc2nnc(C)n2C)NC2CCCC2)cc1.I. The standard InChI is InChI=1S/C20H30N6S.HI/c1-15-23-24-19(26(15)3)13-21-20(22-17-7-5-6-8-17)25(2)14-16-9-11-18(27-4)12-10-16;/h9-12,17H,5-8,13-14H2,1-4H3,(H,21,22);1H. The van der Waals surface area contributed by atoms with Gasteiger partial charge in [0.2, 0.25) is 0 Å². The zero-order valence-corrected chi connectivity index (χ0v) is 20.3. The third-order valence-electron chi connectivity index (χ3n) is 5.18. The van der Waals surface area contributed by atoms with Gasteiger partial charge in [-0.3, -0.25) is 0 Å². The van der Waals surface area contributed by atoms with Crippen molar-refractivity contribution in [3.05, 3.63) is 41.5 Å². The van der Waals surface area contributed by atoms with Crippen LogP contribution in [0.2, 0.25) is 0 Å². The molecule has 1 aliphatic carbocycles. The molecule has 1 fully saturated rings. The first-order valence-electron chi connectivity index (χ1n) is 9.56. The molecule has 0 bridgehead atoms. The van der Waals surface area contributed by atoms with Crippen LogP contribution in [0.5, 0.6) is 0 Å². The van der Waals surface area contributed by atoms with Crippen molar-refractivity contribution < 1.29 is 0 Å². The van der Waals surface area contributed by atoms with Gasteiger partial charge in [-0.2, -0.15) is 0 Å². The molecule has 0 unspecified atom stereocenters. The average molecular weight is 514 g/mol. The highest BCUT2D eigenvalue weighted by Crippen LogP contribution is 2.19. The zero-order chi connectivity index (χ0) is 19.2. The largest absolute Gasteiger partial charge is 0.353 e. The van der Waals surface area contributed by atoms with Gasteiger partial charge in [0.15, 0.2) is 11.8 Å². The minimum absolute atomic E-state index is 0. The van der Waals surface area contributed by atoms with E-state index in [1.54, 1.807) is 11.8 Å². The van der Waals surface area contributed by atoms with Crippen molar-refractivity contribution in [2.75, 3.05) is 13.3 Å². The van der Waals surface area contributed by atoms with Crippen molar-refractivity contribution in [2.45, 2.75) is 56.6 Å². The molecule has 1 aliphatic rings. The van der Waals surface area contributed by atoms with Crippen molar-refractivity contribution in [1.82, 2.24) is 25.0 Å². The molecule has 154 valence electrons. The predicted octanol–water partition coefficient (Wildman–Crippen LogP) is 3.98. The van der Waals surface area contributed by atoms with Crippen LogP contribution in [0.1, 0.15) is 42.9 Å². The zero-order valence-electron chi connectivity index (χ0n) is 17.2. The summed E-state index contributed by atoms with van der Waals surface area (Å²) in [7, 11) is 4.09. The quantitative estimate of drug-likeness (QED) is 0.274. The lowest BCUT2D eigenvalue weighted by Gasteiger charge is -2.25. The lowest BCUT2D eigenvalue weighted by Crippen LogP contribution is -2.43. The summed E-state index contributed by atoms with van der Waals surface area (Å²) < 4.78 is 2.00. The summed E-state index contributed by atoms with van der Waals surface area (Å²) in [4.78, 5) is 8.36. The van der Waals surface area contributed by atoms with Gasteiger partial charge in [0.05, 0.1) is 0 Å². The highest BCUT2D eigenvalue weighted by Gasteiger charge is 2.18. The molecule has 1 N–H and O–H groups in total. The number of aliphatic imine (C=N–C) groups is 1. The fourth-order valence-corrected chi connectivity index (χ4v) is 3.75. The molecule has 0 spiro atoms. The van der Waals surface area contributed by atoms with Crippen LogP contribution in [0, 0.1) is 6.92 Å². The van der Waals surface area contributed by atoms with Crippen LogP contribution in [0.15, 0.2) is 34.2 Å². The molecule has 28 heavy (non-hydrogen) atoms. The maximum Gasteiger partial charge on any atom is 0.194 e. The van der Waals surface area contributed by atoms with E-state index in [1.807, 2.05) is 18.5 Å². The molecule has 3 rings (SSSR count). The first kappa shape index (κ1) is 23.0. The second-order valence-corrected chi connectivity index (χ2v) is 8.07. The minimum Gasteiger partial charge on any atom is -0.353 e. The summed E-state index contributed by atoms with van der Waals surface area (Å²) in [6.07, 6.45) is 7.14. The van der Waals surface area contributed by atoms with Crippen LogP contribution in [0.3, 0.4) is 0 Å². The Balaban J connectivity index is 0.00000280. The molecule has 1 aromatic carbocycles. The van der Waals surface area contributed by atoms with E-state index in [1.165, 1.54) is 36.1 Å². The van der Waals surface area contributed by atoms with Gasteiger partial charge in [0.25, 0.3) is 0 Å². The highest BCUT2D eigenvalue weighted by molar-refractivity contribution is 14.0. The van der Waals surface area contributed by atoms with Crippen molar-refractivity contribution in [2.24, 2.45) is 12.0 Å². The number of hydrogen-bond donors (Lipinski definition) is 1. The summed E-state index contributed by atoms with van der Waals surface area (Å²) in [5, 5.41) is 12.0. The Bertz CT molecular complexity index is 768. The summed E-state index contributed by atoms with van der Waals surface area (Å²) in [6, 6.07) is 9.27. The topological polar surface area (TPSA) is 58.3 Å². The van der Waals surface area contributed by atoms with Crippen LogP contribution in [0.4, 0.5) is 0 Å². The second-order valence-electron chi connectivity index (χ2n) is 7.19. The number of aromatic nitrogens is 3. The summed E-state index contributed by atoms with van der Waals surface area (Å²) in [5.41, 5.74) is 1.28. The van der Waals surface area contributed by atoms with E-state index >= 15 is 0 Å². The lowest BCUT2D eigenvalue weighted by atomic mass is 10.2. The molecule has 1 heterocycles. The molecule has 0 aliphatic heterocycles. The van der Waals surface area contributed by atoms with Gasteiger partial charge in [0, 0.05) is 31.6 Å². The Morgan fingerprint density at radius 2 is 1.93 bits per heavy atom. The van der Waals surface area contributed by atoms with Gasteiger partial charge in [-0.1, -0.05) is 25.0 Å². The van der Waals surface area contributed by atoms with Gasteiger partial charge in [-0.15, -0.1) is 45.9 Å². The van der Waals surface area contributed by atoms with Crippen molar-refractivity contribution >= 4 is 41.7 Å². The Hall–Kier alpha value is -1.29. The predicted molar refractivity (Wildman–Crippen MR) is 127 cm³/mol. The number of thioether (sulfide) groups is 1. The maximum atomic E-state index is 4.87. The van der Waals surface area contributed by atoms with Crippen LogP contribution in [-0.4, -0.2) is 45.0 Å². The van der Waals surface area contributed by atoms with Crippen LogP contribution in [-0.2, 0) is 20.1 Å². The van der Waals surface area contributed by atoms with Crippen molar-refractivity contribution in [3.8, 4) is 0 Å². The number of halogens is 1. The average Bonchev–Trinajstić information content (AvgIpc) is 3.30. The molecule has 0 radical (unpaired) electrons. The highest BCUT2D eigenvalue weighted by atomic mass is 127. The van der Waals surface area contributed by atoms with E-state index in [0.29, 0.717) is 12.6 Å². The van der Waals surface area contributed by atoms with Gasteiger partial charge in [-0.05, 0) is 43.7 Å². The summed E-state index contributed by atoms with van der Waals surface area (Å²) in [5.74, 6) is 2.74. The monoisotopic (exact) mass is 514 g/mol. The van der Waals surface area contributed by atoms with Crippen molar-refractivity contribution in [3.63, 3.8) is 0 Å². The number of nitrogens with zero attached hydrogens (tertiary/aromatic N) is 5. The van der Waals surface area contributed by atoms with Crippen LogP contribution < -0.4 is 5.32 Å². The minimum atomic E-state index is 0. The third kappa shape index (κ3) is 6.10. The van der Waals surface area contributed by atoms with E-state index in [2.05, 4.69) is 58.0 Å². The van der Waals surface area contributed by atoms with E-state index in [4.69, 9.17) is 4.99 Å². The van der Waals surface area contributed by atoms with E-state index < -0.39 is 0 Å². The number of hydrogen-bond acceptors (Lipinski definition) is 4. The third-order valence-corrected chi connectivity index (χ3v) is 5.93. The van der Waals surface area contributed by atoms with E-state index in [9.17, 15) is 0 Å². The second kappa shape index (κ2) is 11.0. The molecule has 0 atom stereocenters. The molecular weight excluding hydrogens is 483 g/mol. The number of nitrogens with one attached hydrogen (secondary N) is 1. The number of benzene rings is 1. The van der Waals surface area contributed by atoms with E-state index in [-0.39, 0.29) is 24.0 Å². The van der Waals surface area contributed by atoms with Gasteiger partial charge < -0.3 is 14.8 Å². The Morgan fingerprint density at radius 3 is 2.50 bits per heavy atom. The summed E-state index contributed by atoms with van der Waals surface area (Å²) >= 11 is 1.77. The maximum absolute atomic E-state index is 4.87. The Kier molecular flexibility index (Phi) is 9.07. The first-order chi connectivity index (χ1) is 13.1. The van der Waals surface area contributed by atoms with E-state index in [0.717, 1.165) is 24.2 Å². The number of guanidine groups is 1. The van der Waals surface area contributed by atoms with Gasteiger partial charge >= 0.3 is 0 Å². The fourth-order valence-electron chi connectivity index (χ4n) is 3.34. The fraction of sp³-hybridized carbons (Fsp3) is 0.550. The number of aryl methyl sites for hydroxylation is 1. The molecule has 2 aromatic rings. The molecule has 1 saturated carbocycles. The Labute approximate surface area is 189 Å². The molecule has 1 aromatic heterocycles. The lowest BCUT2D eigenvalue weighted by molar-refractivity contribution is 0.456. The normalized spacial score (nSPS) is 14.8. The molecule has 6 nitrogen and oxygen atoms in total. The number of rotatable bonds is 6. The van der Waals surface area contributed by atoms with Crippen LogP contribution >= 0.6 is 35.7 Å². The van der Waals surface area contributed by atoms with Crippen molar-refractivity contribution in [1.29, 1.82) is 0 Å². The molecule has 0 amide bonds. The van der Waals surface area contributed by atoms with Crippen LogP contribution in [0.25, 0.3) is 0 Å². The van der Waals surface area contributed by atoms with Gasteiger partial charge in [0.1, 0.15) is 12.4 Å². The summed E-state index contributed by atoms with van der Waals surface area (Å²) in [6.45, 7) is 3.31. The molecular formula is C20H31IN6S. The first-order valence-corrected chi connectivity index (χ1v) is 10.8. The smallest absolute Gasteiger partial charge is 0.194 e. The van der Waals surface area contributed by atoms with Gasteiger partial charge in [-0.25, -0.2) is 4.99 Å². The Morgan fingerprint density at radius 1 is 1.25 bits per heavy atom. The molecule has 0 saturated heterocycles.